The van der Waals surface area contributed by atoms with Gasteiger partial charge >= 0.3 is 0 Å². The minimum atomic E-state index is -0.620. The number of methoxy groups -OCH3 is 1. The van der Waals surface area contributed by atoms with E-state index >= 15 is 0 Å². The summed E-state index contributed by atoms with van der Waals surface area (Å²) in [5, 5.41) is 3.13. The number of amides is 1. The van der Waals surface area contributed by atoms with Crippen LogP contribution in [0.25, 0.3) is 0 Å². The highest BCUT2D eigenvalue weighted by molar-refractivity contribution is 6.30. The molecule has 1 atom stereocenters. The fourth-order valence-corrected chi connectivity index (χ4v) is 3.55. The topological polar surface area (TPSA) is 41.6 Å². The minimum Gasteiger partial charge on any atom is -0.496 e. The van der Waals surface area contributed by atoms with E-state index < -0.39 is 11.7 Å². The number of ether oxygens (including phenoxy) is 1. The van der Waals surface area contributed by atoms with Gasteiger partial charge in [0.2, 0.25) is 0 Å². The maximum absolute atomic E-state index is 14.0. The summed E-state index contributed by atoms with van der Waals surface area (Å²) in [6.45, 7) is 2.31. The first-order chi connectivity index (χ1) is 12.6. The molecule has 26 heavy (non-hydrogen) atoms. The average molecular weight is 377 g/mol. The zero-order chi connectivity index (χ0) is 18.5. The number of para-hydroxylation sites is 1. The van der Waals surface area contributed by atoms with Gasteiger partial charge in [0.25, 0.3) is 5.91 Å². The van der Waals surface area contributed by atoms with E-state index in [-0.39, 0.29) is 16.6 Å². The lowest BCUT2D eigenvalue weighted by atomic mass is 10.0. The Hall–Kier alpha value is -2.11. The second-order valence-corrected chi connectivity index (χ2v) is 6.77. The van der Waals surface area contributed by atoms with Crippen molar-refractivity contribution in [2.75, 3.05) is 26.7 Å². The highest BCUT2D eigenvalue weighted by Crippen LogP contribution is 2.31. The second kappa shape index (κ2) is 8.52. The molecule has 1 N–H and O–H groups in total. The van der Waals surface area contributed by atoms with Crippen LogP contribution in [0.5, 0.6) is 5.75 Å². The fraction of sp³-hybridized carbons (Fsp3) is 0.350. The molecule has 2 aromatic rings. The Bertz CT molecular complexity index is 778. The Kier molecular flexibility index (Phi) is 6.12. The Morgan fingerprint density at radius 3 is 2.69 bits per heavy atom. The number of halogens is 2. The molecule has 1 heterocycles. The molecule has 1 aliphatic rings. The summed E-state index contributed by atoms with van der Waals surface area (Å²) in [7, 11) is 1.64. The first-order valence-electron chi connectivity index (χ1n) is 8.70. The summed E-state index contributed by atoms with van der Waals surface area (Å²) in [6, 6.07) is 11.9. The number of nitrogens with zero attached hydrogens (tertiary/aromatic N) is 1. The van der Waals surface area contributed by atoms with E-state index in [2.05, 4.69) is 10.2 Å². The third-order valence-corrected chi connectivity index (χ3v) is 4.95. The van der Waals surface area contributed by atoms with Crippen LogP contribution in [0.2, 0.25) is 5.02 Å². The molecule has 0 aromatic heterocycles. The molecule has 1 amide bonds. The maximum atomic E-state index is 14.0. The molecule has 1 fully saturated rings. The van der Waals surface area contributed by atoms with Crippen molar-refractivity contribution < 1.29 is 13.9 Å². The Balaban J connectivity index is 1.79. The van der Waals surface area contributed by atoms with E-state index in [1.54, 1.807) is 7.11 Å². The molecule has 4 nitrogen and oxygen atoms in total. The maximum Gasteiger partial charge on any atom is 0.254 e. The number of nitrogens with one attached hydrogen (secondary N) is 1. The van der Waals surface area contributed by atoms with Gasteiger partial charge in [0.05, 0.1) is 18.7 Å². The van der Waals surface area contributed by atoms with E-state index in [1.807, 2.05) is 24.3 Å². The Morgan fingerprint density at radius 2 is 2.00 bits per heavy atom. The van der Waals surface area contributed by atoms with Crippen LogP contribution >= 0.6 is 11.6 Å². The molecule has 1 aliphatic heterocycles. The molecule has 0 saturated carbocycles. The molecule has 0 radical (unpaired) electrons. The summed E-state index contributed by atoms with van der Waals surface area (Å²) in [4.78, 5) is 14.8. The van der Waals surface area contributed by atoms with Gasteiger partial charge in [-0.3, -0.25) is 9.69 Å². The van der Waals surface area contributed by atoms with Crippen molar-refractivity contribution in [3.63, 3.8) is 0 Å². The van der Waals surface area contributed by atoms with Gasteiger partial charge in [0.1, 0.15) is 11.6 Å². The third-order valence-electron chi connectivity index (χ3n) is 4.71. The van der Waals surface area contributed by atoms with Gasteiger partial charge in [0, 0.05) is 17.1 Å². The zero-order valence-corrected chi connectivity index (χ0v) is 15.4. The lowest BCUT2D eigenvalue weighted by Gasteiger charge is -2.29. The van der Waals surface area contributed by atoms with Crippen LogP contribution in [0.4, 0.5) is 4.39 Å². The van der Waals surface area contributed by atoms with Crippen molar-refractivity contribution in [2.45, 2.75) is 18.9 Å². The van der Waals surface area contributed by atoms with Crippen LogP contribution in [-0.2, 0) is 0 Å². The Morgan fingerprint density at radius 1 is 1.27 bits per heavy atom. The standard InChI is InChI=1S/C20H22ClFN2O2/c1-26-19-7-3-2-6-16(19)18(24-10-4-5-11-24)13-23-20(25)15-9-8-14(21)12-17(15)22/h2-3,6-9,12,18H,4-5,10-11,13H2,1H3,(H,23,25). The number of rotatable bonds is 6. The molecule has 1 unspecified atom stereocenters. The molecule has 138 valence electrons. The van der Waals surface area contributed by atoms with Crippen molar-refractivity contribution in [1.29, 1.82) is 0 Å². The first kappa shape index (κ1) is 18.7. The number of benzene rings is 2. The minimum absolute atomic E-state index is 0.00500. The largest absolute Gasteiger partial charge is 0.496 e. The van der Waals surface area contributed by atoms with Gasteiger partial charge in [-0.05, 0) is 50.2 Å². The summed E-state index contributed by atoms with van der Waals surface area (Å²) in [5.41, 5.74) is 1.02. The van der Waals surface area contributed by atoms with E-state index in [4.69, 9.17) is 16.3 Å². The smallest absolute Gasteiger partial charge is 0.254 e. The second-order valence-electron chi connectivity index (χ2n) is 6.34. The van der Waals surface area contributed by atoms with E-state index in [0.29, 0.717) is 6.54 Å². The van der Waals surface area contributed by atoms with Crippen molar-refractivity contribution in [2.24, 2.45) is 0 Å². The van der Waals surface area contributed by atoms with Crippen LogP contribution in [0.3, 0.4) is 0 Å². The first-order valence-corrected chi connectivity index (χ1v) is 9.08. The van der Waals surface area contributed by atoms with Crippen LogP contribution in [0.1, 0.15) is 34.8 Å². The third kappa shape index (κ3) is 4.17. The van der Waals surface area contributed by atoms with Crippen molar-refractivity contribution in [3.05, 3.63) is 64.4 Å². The van der Waals surface area contributed by atoms with E-state index in [0.717, 1.165) is 43.3 Å². The summed E-state index contributed by atoms with van der Waals surface area (Å²) in [6.07, 6.45) is 2.26. The van der Waals surface area contributed by atoms with Crippen molar-refractivity contribution in [1.82, 2.24) is 10.2 Å². The lowest BCUT2D eigenvalue weighted by Crippen LogP contribution is -2.37. The molecule has 0 spiro atoms. The Labute approximate surface area is 157 Å². The van der Waals surface area contributed by atoms with Gasteiger partial charge in [-0.25, -0.2) is 4.39 Å². The number of carbonyl (C=O) groups is 1. The predicted molar refractivity (Wildman–Crippen MR) is 100 cm³/mol. The van der Waals surface area contributed by atoms with Crippen molar-refractivity contribution in [3.8, 4) is 5.75 Å². The molecule has 0 bridgehead atoms. The van der Waals surface area contributed by atoms with Crippen molar-refractivity contribution >= 4 is 17.5 Å². The highest BCUT2D eigenvalue weighted by atomic mass is 35.5. The molecule has 6 heteroatoms. The number of hydrogen-bond acceptors (Lipinski definition) is 3. The summed E-state index contributed by atoms with van der Waals surface area (Å²) in [5.74, 6) is -0.278. The monoisotopic (exact) mass is 376 g/mol. The van der Waals surface area contributed by atoms with E-state index in [1.165, 1.54) is 12.1 Å². The van der Waals surface area contributed by atoms with Gasteiger partial charge in [-0.1, -0.05) is 29.8 Å². The van der Waals surface area contributed by atoms with Crippen LogP contribution in [0, 0.1) is 5.82 Å². The number of likely N-dealkylation sites (tertiary alicyclic amines) is 1. The van der Waals surface area contributed by atoms with Gasteiger partial charge in [0.15, 0.2) is 0 Å². The van der Waals surface area contributed by atoms with Crippen LogP contribution < -0.4 is 10.1 Å². The number of hydrogen-bond donors (Lipinski definition) is 1. The molecule has 0 aliphatic carbocycles. The van der Waals surface area contributed by atoms with E-state index in [9.17, 15) is 9.18 Å². The summed E-state index contributed by atoms with van der Waals surface area (Å²) < 4.78 is 19.5. The lowest BCUT2D eigenvalue weighted by molar-refractivity contribution is 0.0933. The molecular formula is C20H22ClFN2O2. The molecule has 1 saturated heterocycles. The quantitative estimate of drug-likeness (QED) is 0.826. The average Bonchev–Trinajstić information content (AvgIpc) is 3.16. The fourth-order valence-electron chi connectivity index (χ4n) is 3.39. The van der Waals surface area contributed by atoms with Gasteiger partial charge in [-0.15, -0.1) is 0 Å². The summed E-state index contributed by atoms with van der Waals surface area (Å²) >= 11 is 5.76. The predicted octanol–water partition coefficient (Wildman–Crippen LogP) is 4.05. The van der Waals surface area contributed by atoms with Crippen LogP contribution in [-0.4, -0.2) is 37.6 Å². The molecule has 2 aromatic carbocycles. The molecular weight excluding hydrogens is 355 g/mol. The molecule has 3 rings (SSSR count). The SMILES string of the molecule is COc1ccccc1C(CNC(=O)c1ccc(Cl)cc1F)N1CCCC1. The van der Waals surface area contributed by atoms with Gasteiger partial charge in [-0.2, -0.15) is 0 Å². The van der Waals surface area contributed by atoms with Crippen LogP contribution in [0.15, 0.2) is 42.5 Å². The van der Waals surface area contributed by atoms with Gasteiger partial charge < -0.3 is 10.1 Å². The normalized spacial score (nSPS) is 15.7. The highest BCUT2D eigenvalue weighted by Gasteiger charge is 2.26. The zero-order valence-electron chi connectivity index (χ0n) is 14.7. The number of carbonyl (C=O) groups excluding carboxylic acids is 1.